The fourth-order valence-electron chi connectivity index (χ4n) is 1.55. The number of ether oxygens (including phenoxy) is 1. The van der Waals surface area contributed by atoms with Gasteiger partial charge in [0.25, 0.3) is 0 Å². The minimum atomic E-state index is -0.0214. The van der Waals surface area contributed by atoms with Crippen molar-refractivity contribution in [2.24, 2.45) is 5.41 Å². The lowest BCUT2D eigenvalue weighted by molar-refractivity contribution is 0.218. The summed E-state index contributed by atoms with van der Waals surface area (Å²) in [6.07, 6.45) is 2.02. The Morgan fingerprint density at radius 2 is 2.11 bits per heavy atom. The number of nitrogens with zero attached hydrogens (tertiary/aromatic N) is 3. The Labute approximate surface area is 106 Å². The van der Waals surface area contributed by atoms with Crippen molar-refractivity contribution in [1.29, 1.82) is 0 Å². The zero-order valence-corrected chi connectivity index (χ0v) is 10.7. The summed E-state index contributed by atoms with van der Waals surface area (Å²) in [6.45, 7) is 4.58. The van der Waals surface area contributed by atoms with Crippen LogP contribution in [-0.4, -0.2) is 39.3 Å². The first-order valence-electron chi connectivity index (χ1n) is 6.06. The van der Waals surface area contributed by atoms with Gasteiger partial charge in [-0.05, 0) is 26.7 Å². The third kappa shape index (κ3) is 3.19. The second-order valence-electron chi connectivity index (χ2n) is 4.98. The molecule has 1 aromatic rings. The van der Waals surface area contributed by atoms with Crippen molar-refractivity contribution in [2.45, 2.75) is 32.8 Å². The molecule has 1 saturated carbocycles. The molecular weight excluding hydrogens is 234 g/mol. The molecular formula is C11H19N5O2. The minimum absolute atomic E-state index is 0.0134. The fraction of sp³-hybridized carbons (Fsp3) is 0.727. The Morgan fingerprint density at radius 1 is 1.39 bits per heavy atom. The van der Waals surface area contributed by atoms with Crippen molar-refractivity contribution in [1.82, 2.24) is 15.0 Å². The highest BCUT2D eigenvalue weighted by Crippen LogP contribution is 2.44. The number of aliphatic hydroxyl groups is 1. The summed E-state index contributed by atoms with van der Waals surface area (Å²) in [5.41, 5.74) is 5.58. The predicted octanol–water partition coefficient (Wildman–Crippen LogP) is 0.425. The van der Waals surface area contributed by atoms with Gasteiger partial charge in [-0.3, -0.25) is 0 Å². The maximum Gasteiger partial charge on any atom is 0.323 e. The van der Waals surface area contributed by atoms with E-state index in [1.807, 2.05) is 13.8 Å². The summed E-state index contributed by atoms with van der Waals surface area (Å²) in [7, 11) is 0. The molecule has 4 N–H and O–H groups in total. The maximum absolute atomic E-state index is 9.22. The zero-order chi connectivity index (χ0) is 13.2. The van der Waals surface area contributed by atoms with Crippen LogP contribution in [0.2, 0.25) is 0 Å². The lowest BCUT2D eigenvalue weighted by atomic mass is 10.1. The van der Waals surface area contributed by atoms with E-state index in [4.69, 9.17) is 10.5 Å². The number of anilines is 2. The largest absolute Gasteiger partial charge is 0.461 e. The monoisotopic (exact) mass is 253 g/mol. The molecule has 7 heteroatoms. The first-order chi connectivity index (χ1) is 8.53. The van der Waals surface area contributed by atoms with Crippen LogP contribution >= 0.6 is 0 Å². The summed E-state index contributed by atoms with van der Waals surface area (Å²) >= 11 is 0. The molecule has 0 atom stereocenters. The molecule has 7 nitrogen and oxygen atoms in total. The van der Waals surface area contributed by atoms with Crippen molar-refractivity contribution in [3.8, 4) is 6.01 Å². The molecule has 0 bridgehead atoms. The molecule has 0 spiro atoms. The van der Waals surface area contributed by atoms with Crippen molar-refractivity contribution < 1.29 is 9.84 Å². The second-order valence-corrected chi connectivity index (χ2v) is 4.98. The van der Waals surface area contributed by atoms with Crippen LogP contribution in [0.3, 0.4) is 0 Å². The highest BCUT2D eigenvalue weighted by Gasteiger charge is 2.41. The van der Waals surface area contributed by atoms with Crippen LogP contribution in [0.5, 0.6) is 6.01 Å². The van der Waals surface area contributed by atoms with Crippen LogP contribution in [-0.2, 0) is 0 Å². The van der Waals surface area contributed by atoms with Crippen LogP contribution in [0.15, 0.2) is 0 Å². The SMILES string of the molecule is CC(C)Oc1nc(N)nc(NCC2(CO)CC2)n1. The molecule has 0 radical (unpaired) electrons. The van der Waals surface area contributed by atoms with Crippen molar-refractivity contribution in [3.05, 3.63) is 0 Å². The molecule has 1 aromatic heterocycles. The summed E-state index contributed by atoms with van der Waals surface area (Å²) in [4.78, 5) is 12.0. The number of hydrogen-bond acceptors (Lipinski definition) is 7. The van der Waals surface area contributed by atoms with Crippen molar-refractivity contribution >= 4 is 11.9 Å². The number of aromatic nitrogens is 3. The van der Waals surface area contributed by atoms with Crippen molar-refractivity contribution in [3.63, 3.8) is 0 Å². The van der Waals surface area contributed by atoms with E-state index in [-0.39, 0.29) is 30.1 Å². The number of aliphatic hydroxyl groups excluding tert-OH is 1. The Hall–Kier alpha value is -1.63. The van der Waals surface area contributed by atoms with Crippen LogP contribution in [0, 0.1) is 5.41 Å². The summed E-state index contributed by atoms with van der Waals surface area (Å²) in [6, 6.07) is 0.217. The van der Waals surface area contributed by atoms with Gasteiger partial charge in [-0.1, -0.05) is 0 Å². The number of nitrogen functional groups attached to an aromatic ring is 1. The molecule has 0 unspecified atom stereocenters. The third-order valence-corrected chi connectivity index (χ3v) is 2.89. The van der Waals surface area contributed by atoms with Gasteiger partial charge in [0.15, 0.2) is 0 Å². The predicted molar refractivity (Wildman–Crippen MR) is 67.2 cm³/mol. The topological polar surface area (TPSA) is 106 Å². The van der Waals surface area contributed by atoms with E-state index in [2.05, 4.69) is 20.3 Å². The van der Waals surface area contributed by atoms with Gasteiger partial charge >= 0.3 is 6.01 Å². The lowest BCUT2D eigenvalue weighted by Gasteiger charge is -2.13. The van der Waals surface area contributed by atoms with Gasteiger partial charge in [-0.25, -0.2) is 0 Å². The highest BCUT2D eigenvalue weighted by molar-refractivity contribution is 5.33. The smallest absolute Gasteiger partial charge is 0.323 e. The first-order valence-corrected chi connectivity index (χ1v) is 6.06. The lowest BCUT2D eigenvalue weighted by Crippen LogP contribution is -2.21. The van der Waals surface area contributed by atoms with Gasteiger partial charge < -0.3 is 20.9 Å². The standard InChI is InChI=1S/C11H19N5O2/c1-7(2)18-10-15-8(12)14-9(16-10)13-5-11(6-17)3-4-11/h7,17H,3-6H2,1-2H3,(H3,12,13,14,15,16). The molecule has 0 aromatic carbocycles. The first kappa shape index (κ1) is 12.8. The van der Waals surface area contributed by atoms with Crippen molar-refractivity contribution in [2.75, 3.05) is 24.2 Å². The molecule has 0 amide bonds. The maximum atomic E-state index is 9.22. The molecule has 1 aliphatic carbocycles. The number of rotatable bonds is 6. The molecule has 1 aliphatic rings. The van der Waals surface area contributed by atoms with E-state index in [1.165, 1.54) is 0 Å². The van der Waals surface area contributed by atoms with E-state index in [0.29, 0.717) is 12.5 Å². The third-order valence-electron chi connectivity index (χ3n) is 2.89. The molecule has 1 heterocycles. The van der Waals surface area contributed by atoms with Gasteiger partial charge in [0, 0.05) is 12.0 Å². The Kier molecular flexibility index (Phi) is 3.51. The molecule has 1 fully saturated rings. The Balaban J connectivity index is 2.01. The van der Waals surface area contributed by atoms with Crippen LogP contribution in [0.25, 0.3) is 0 Å². The molecule has 100 valence electrons. The minimum Gasteiger partial charge on any atom is -0.461 e. The van der Waals surface area contributed by atoms with E-state index in [9.17, 15) is 5.11 Å². The molecule has 18 heavy (non-hydrogen) atoms. The number of hydrogen-bond donors (Lipinski definition) is 3. The van der Waals surface area contributed by atoms with Crippen LogP contribution < -0.4 is 15.8 Å². The van der Waals surface area contributed by atoms with E-state index >= 15 is 0 Å². The van der Waals surface area contributed by atoms with Crippen LogP contribution in [0.1, 0.15) is 26.7 Å². The average Bonchev–Trinajstić information content (AvgIpc) is 3.05. The molecule has 0 saturated heterocycles. The molecule has 2 rings (SSSR count). The van der Waals surface area contributed by atoms with Gasteiger partial charge in [-0.15, -0.1) is 0 Å². The van der Waals surface area contributed by atoms with Gasteiger partial charge in [0.2, 0.25) is 11.9 Å². The normalized spacial score (nSPS) is 16.7. The quantitative estimate of drug-likeness (QED) is 0.674. The number of nitrogens with one attached hydrogen (secondary N) is 1. The molecule has 0 aliphatic heterocycles. The van der Waals surface area contributed by atoms with E-state index < -0.39 is 0 Å². The fourth-order valence-corrected chi connectivity index (χ4v) is 1.55. The number of nitrogens with two attached hydrogens (primary N) is 1. The van der Waals surface area contributed by atoms with E-state index in [1.54, 1.807) is 0 Å². The average molecular weight is 253 g/mol. The Bertz CT molecular complexity index is 420. The second kappa shape index (κ2) is 4.93. The Morgan fingerprint density at radius 3 is 2.67 bits per heavy atom. The zero-order valence-electron chi connectivity index (χ0n) is 10.7. The van der Waals surface area contributed by atoms with E-state index in [0.717, 1.165) is 12.8 Å². The summed E-state index contributed by atoms with van der Waals surface area (Å²) < 4.78 is 5.38. The summed E-state index contributed by atoms with van der Waals surface area (Å²) in [5.74, 6) is 0.509. The van der Waals surface area contributed by atoms with Gasteiger partial charge in [-0.2, -0.15) is 15.0 Å². The highest BCUT2D eigenvalue weighted by atomic mass is 16.5. The van der Waals surface area contributed by atoms with Gasteiger partial charge in [0.05, 0.1) is 12.7 Å². The van der Waals surface area contributed by atoms with Crippen LogP contribution in [0.4, 0.5) is 11.9 Å². The summed E-state index contributed by atoms with van der Waals surface area (Å²) in [5, 5.41) is 12.3. The van der Waals surface area contributed by atoms with Gasteiger partial charge in [0.1, 0.15) is 0 Å².